The third-order valence-electron chi connectivity index (χ3n) is 3.39. The molecule has 0 bridgehead atoms. The standard InChI is InChI=1S/C13H15BrFNO4S/c1-16(10-4-5-21(18,19)8-10)13(17)7-20-12-3-2-9(14)6-11(12)15/h2-3,6,10H,4-5,7-8H2,1H3. The van der Waals surface area contributed by atoms with E-state index < -0.39 is 15.7 Å². The second kappa shape index (κ2) is 6.31. The molecule has 0 aromatic heterocycles. The number of carbonyl (C=O) groups is 1. The van der Waals surface area contributed by atoms with E-state index in [1.165, 1.54) is 24.1 Å². The van der Waals surface area contributed by atoms with Gasteiger partial charge in [-0.1, -0.05) is 15.9 Å². The number of ether oxygens (including phenoxy) is 1. The predicted octanol–water partition coefficient (Wildman–Crippen LogP) is 1.61. The summed E-state index contributed by atoms with van der Waals surface area (Å²) in [5.41, 5.74) is 0. The van der Waals surface area contributed by atoms with Crippen LogP contribution < -0.4 is 4.74 Å². The lowest BCUT2D eigenvalue weighted by atomic mass is 10.2. The Morgan fingerprint density at radius 2 is 2.24 bits per heavy atom. The van der Waals surface area contributed by atoms with E-state index >= 15 is 0 Å². The van der Waals surface area contributed by atoms with Gasteiger partial charge in [0.15, 0.2) is 28.0 Å². The number of nitrogens with zero attached hydrogens (tertiary/aromatic N) is 1. The molecule has 1 saturated heterocycles. The van der Waals surface area contributed by atoms with Crippen molar-refractivity contribution in [3.8, 4) is 5.75 Å². The molecule has 1 aliphatic heterocycles. The van der Waals surface area contributed by atoms with Crippen LogP contribution in [0.5, 0.6) is 5.75 Å². The molecule has 1 heterocycles. The zero-order valence-electron chi connectivity index (χ0n) is 11.4. The predicted molar refractivity (Wildman–Crippen MR) is 79.4 cm³/mol. The summed E-state index contributed by atoms with van der Waals surface area (Å²) in [5.74, 6) is -0.888. The topological polar surface area (TPSA) is 63.7 Å². The summed E-state index contributed by atoms with van der Waals surface area (Å²) in [6, 6.07) is 3.94. The number of carbonyl (C=O) groups excluding carboxylic acids is 1. The van der Waals surface area contributed by atoms with E-state index in [2.05, 4.69) is 15.9 Å². The first-order valence-electron chi connectivity index (χ1n) is 6.32. The van der Waals surface area contributed by atoms with Gasteiger partial charge in [-0.15, -0.1) is 0 Å². The molecule has 5 nitrogen and oxygen atoms in total. The highest BCUT2D eigenvalue weighted by atomic mass is 79.9. The molecule has 0 radical (unpaired) electrons. The fourth-order valence-electron chi connectivity index (χ4n) is 2.12. The molecule has 0 N–H and O–H groups in total. The summed E-state index contributed by atoms with van der Waals surface area (Å²) in [7, 11) is -1.52. The molecule has 8 heteroatoms. The molecule has 1 amide bonds. The number of likely N-dealkylation sites (N-methyl/N-ethyl adjacent to an activating group) is 1. The van der Waals surface area contributed by atoms with Gasteiger partial charge in [0.25, 0.3) is 5.91 Å². The number of benzene rings is 1. The van der Waals surface area contributed by atoms with Crippen LogP contribution in [0.2, 0.25) is 0 Å². The number of hydrogen-bond acceptors (Lipinski definition) is 4. The first kappa shape index (κ1) is 16.2. The van der Waals surface area contributed by atoms with Crippen LogP contribution in [0.15, 0.2) is 22.7 Å². The van der Waals surface area contributed by atoms with Gasteiger partial charge in [0.2, 0.25) is 0 Å². The minimum absolute atomic E-state index is 0.0148. The van der Waals surface area contributed by atoms with Gasteiger partial charge in [0, 0.05) is 17.6 Å². The average Bonchev–Trinajstić information content (AvgIpc) is 2.77. The number of sulfone groups is 1. The molecule has 1 aromatic rings. The monoisotopic (exact) mass is 379 g/mol. The lowest BCUT2D eigenvalue weighted by Crippen LogP contribution is -2.40. The van der Waals surface area contributed by atoms with Gasteiger partial charge in [0.1, 0.15) is 0 Å². The molecule has 21 heavy (non-hydrogen) atoms. The maximum atomic E-state index is 13.5. The van der Waals surface area contributed by atoms with E-state index in [0.29, 0.717) is 10.9 Å². The minimum atomic E-state index is -3.05. The van der Waals surface area contributed by atoms with Gasteiger partial charge in [-0.3, -0.25) is 4.79 Å². The molecule has 0 aliphatic carbocycles. The number of hydrogen-bond donors (Lipinski definition) is 0. The maximum absolute atomic E-state index is 13.5. The zero-order chi connectivity index (χ0) is 15.6. The second-order valence-electron chi connectivity index (χ2n) is 4.92. The smallest absolute Gasteiger partial charge is 0.260 e. The molecule has 1 unspecified atom stereocenters. The molecule has 1 aliphatic rings. The van der Waals surface area contributed by atoms with Crippen molar-refractivity contribution < 1.29 is 22.3 Å². The second-order valence-corrected chi connectivity index (χ2v) is 8.07. The van der Waals surface area contributed by atoms with E-state index in [9.17, 15) is 17.6 Å². The third-order valence-corrected chi connectivity index (χ3v) is 5.64. The van der Waals surface area contributed by atoms with Crippen LogP contribution in [0.4, 0.5) is 4.39 Å². The van der Waals surface area contributed by atoms with Gasteiger partial charge in [-0.2, -0.15) is 0 Å². The van der Waals surface area contributed by atoms with E-state index in [1.54, 1.807) is 6.07 Å². The van der Waals surface area contributed by atoms with Crippen molar-refractivity contribution in [3.63, 3.8) is 0 Å². The Hall–Kier alpha value is -1.15. The lowest BCUT2D eigenvalue weighted by Gasteiger charge is -2.23. The number of halogens is 2. The fraction of sp³-hybridized carbons (Fsp3) is 0.462. The number of amides is 1. The van der Waals surface area contributed by atoms with Crippen molar-refractivity contribution in [2.75, 3.05) is 25.2 Å². The SMILES string of the molecule is CN(C(=O)COc1ccc(Br)cc1F)C1CCS(=O)(=O)C1. The first-order chi connectivity index (χ1) is 9.78. The van der Waals surface area contributed by atoms with E-state index in [-0.39, 0.29) is 35.8 Å². The van der Waals surface area contributed by atoms with Crippen LogP contribution >= 0.6 is 15.9 Å². The van der Waals surface area contributed by atoms with Crippen molar-refractivity contribution in [2.45, 2.75) is 12.5 Å². The highest BCUT2D eigenvalue weighted by Gasteiger charge is 2.32. The summed E-state index contributed by atoms with van der Waals surface area (Å²) >= 11 is 3.13. The van der Waals surface area contributed by atoms with E-state index in [4.69, 9.17) is 4.74 Å². The Bertz CT molecular complexity index is 650. The molecule has 0 spiro atoms. The summed E-state index contributed by atoms with van der Waals surface area (Å²) in [5, 5.41) is 0. The minimum Gasteiger partial charge on any atom is -0.481 e. The van der Waals surface area contributed by atoms with Crippen LogP contribution in [-0.2, 0) is 14.6 Å². The first-order valence-corrected chi connectivity index (χ1v) is 8.94. The van der Waals surface area contributed by atoms with Crippen molar-refractivity contribution >= 4 is 31.7 Å². The van der Waals surface area contributed by atoms with Gasteiger partial charge in [-0.25, -0.2) is 12.8 Å². The van der Waals surface area contributed by atoms with Crippen molar-refractivity contribution in [1.29, 1.82) is 0 Å². The van der Waals surface area contributed by atoms with Gasteiger partial charge >= 0.3 is 0 Å². The molecule has 0 saturated carbocycles. The Morgan fingerprint density at radius 1 is 1.52 bits per heavy atom. The molecule has 2 rings (SSSR count). The van der Waals surface area contributed by atoms with Gasteiger partial charge in [-0.05, 0) is 24.6 Å². The fourth-order valence-corrected chi connectivity index (χ4v) is 4.23. The number of rotatable bonds is 4. The summed E-state index contributed by atoms with van der Waals surface area (Å²) < 4.78 is 42.1. The largest absolute Gasteiger partial charge is 0.481 e. The van der Waals surface area contributed by atoms with Crippen molar-refractivity contribution in [2.24, 2.45) is 0 Å². The molecule has 1 fully saturated rings. The average molecular weight is 380 g/mol. The lowest BCUT2D eigenvalue weighted by molar-refractivity contribution is -0.133. The van der Waals surface area contributed by atoms with Crippen LogP contribution in [0.1, 0.15) is 6.42 Å². The molecular formula is C13H15BrFNO4S. The molecular weight excluding hydrogens is 365 g/mol. The molecule has 1 aromatic carbocycles. The van der Waals surface area contributed by atoms with Crippen LogP contribution in [-0.4, -0.2) is 50.4 Å². The third kappa shape index (κ3) is 4.16. The van der Waals surface area contributed by atoms with Crippen molar-refractivity contribution in [1.82, 2.24) is 4.90 Å². The Kier molecular flexibility index (Phi) is 4.88. The normalized spacial score (nSPS) is 20.2. The van der Waals surface area contributed by atoms with Crippen LogP contribution in [0, 0.1) is 5.82 Å². The maximum Gasteiger partial charge on any atom is 0.260 e. The Morgan fingerprint density at radius 3 is 2.81 bits per heavy atom. The van der Waals surface area contributed by atoms with Crippen LogP contribution in [0.25, 0.3) is 0 Å². The van der Waals surface area contributed by atoms with Crippen molar-refractivity contribution in [3.05, 3.63) is 28.5 Å². The summed E-state index contributed by atoms with van der Waals surface area (Å²) in [6.45, 7) is -0.328. The van der Waals surface area contributed by atoms with E-state index in [0.717, 1.165) is 0 Å². The Labute approximate surface area is 131 Å². The van der Waals surface area contributed by atoms with E-state index in [1.807, 2.05) is 0 Å². The highest BCUT2D eigenvalue weighted by molar-refractivity contribution is 9.10. The highest BCUT2D eigenvalue weighted by Crippen LogP contribution is 2.22. The Balaban J connectivity index is 1.92. The van der Waals surface area contributed by atoms with Crippen LogP contribution in [0.3, 0.4) is 0 Å². The molecule has 116 valence electrons. The van der Waals surface area contributed by atoms with Gasteiger partial charge < -0.3 is 9.64 Å². The zero-order valence-corrected chi connectivity index (χ0v) is 13.8. The summed E-state index contributed by atoms with van der Waals surface area (Å²) in [4.78, 5) is 13.3. The summed E-state index contributed by atoms with van der Waals surface area (Å²) in [6.07, 6.45) is 0.428. The molecule has 1 atom stereocenters. The van der Waals surface area contributed by atoms with Gasteiger partial charge in [0.05, 0.1) is 11.5 Å². The quantitative estimate of drug-likeness (QED) is 0.797.